The molecule has 0 radical (unpaired) electrons. The molecule has 0 saturated carbocycles. The van der Waals surface area contributed by atoms with Crippen molar-refractivity contribution in [2.45, 2.75) is 18.3 Å². The quantitative estimate of drug-likeness (QED) is 0.176. The third kappa shape index (κ3) is 6.89. The van der Waals surface area contributed by atoms with Crippen LogP contribution in [0.1, 0.15) is 26.3 Å². The zero-order chi connectivity index (χ0) is 26.9. The van der Waals surface area contributed by atoms with E-state index < -0.39 is 30.3 Å². The maximum Gasteiger partial charge on any atom is 0.338 e. The fraction of sp³-hybridized carbons (Fsp3) is 0.118. The lowest BCUT2D eigenvalue weighted by Crippen LogP contribution is -2.41. The highest BCUT2D eigenvalue weighted by atomic mass is 16.6. The van der Waals surface area contributed by atoms with E-state index >= 15 is 0 Å². The van der Waals surface area contributed by atoms with Gasteiger partial charge in [-0.2, -0.15) is 0 Å². The summed E-state index contributed by atoms with van der Waals surface area (Å²) >= 11 is 0. The summed E-state index contributed by atoms with van der Waals surface area (Å²) in [7, 11) is 0. The SMILES string of the molecule is O=C(OC[C@H]1O[C@H](C#Cc2ccc(-c3ccccc3)cc2)C=C[C@@H]1OC(=O)c1ccccc1)c1ccccc1. The highest BCUT2D eigenvalue weighted by Crippen LogP contribution is 2.21. The van der Waals surface area contributed by atoms with E-state index in [4.69, 9.17) is 14.2 Å². The highest BCUT2D eigenvalue weighted by Gasteiger charge is 2.31. The van der Waals surface area contributed by atoms with Crippen molar-refractivity contribution in [2.75, 3.05) is 6.61 Å². The fourth-order valence-corrected chi connectivity index (χ4v) is 4.09. The molecule has 5 rings (SSSR count). The summed E-state index contributed by atoms with van der Waals surface area (Å²) in [5, 5.41) is 0. The summed E-state index contributed by atoms with van der Waals surface area (Å²) < 4.78 is 17.3. The van der Waals surface area contributed by atoms with Crippen LogP contribution in [0.2, 0.25) is 0 Å². The molecule has 3 atom stereocenters. The number of benzene rings is 4. The number of carbonyl (C=O) groups excluding carboxylic acids is 2. The van der Waals surface area contributed by atoms with Crippen molar-refractivity contribution < 1.29 is 23.8 Å². The molecule has 39 heavy (non-hydrogen) atoms. The van der Waals surface area contributed by atoms with E-state index in [0.717, 1.165) is 16.7 Å². The zero-order valence-corrected chi connectivity index (χ0v) is 21.1. The Kier molecular flexibility index (Phi) is 8.28. The van der Waals surface area contributed by atoms with Crippen LogP contribution in [-0.2, 0) is 14.2 Å². The van der Waals surface area contributed by atoms with Crippen molar-refractivity contribution in [3.05, 3.63) is 144 Å². The number of hydrogen-bond acceptors (Lipinski definition) is 5. The Morgan fingerprint density at radius 3 is 1.87 bits per heavy atom. The third-order valence-corrected chi connectivity index (χ3v) is 6.15. The molecule has 0 amide bonds. The van der Waals surface area contributed by atoms with Crippen LogP contribution in [0.3, 0.4) is 0 Å². The third-order valence-electron chi connectivity index (χ3n) is 6.15. The molecule has 5 nitrogen and oxygen atoms in total. The van der Waals surface area contributed by atoms with Crippen molar-refractivity contribution in [1.82, 2.24) is 0 Å². The monoisotopic (exact) mass is 514 g/mol. The summed E-state index contributed by atoms with van der Waals surface area (Å²) in [5.41, 5.74) is 3.94. The van der Waals surface area contributed by atoms with Crippen molar-refractivity contribution in [3.63, 3.8) is 0 Å². The number of rotatable bonds is 6. The number of esters is 2. The smallest absolute Gasteiger partial charge is 0.338 e. The standard InChI is InChI=1S/C34H26O5/c35-33(28-12-6-2-7-13-28)37-24-32-31(39-34(36)29-14-8-3-9-15-29)23-22-30(38-32)21-18-25-16-19-27(20-17-25)26-10-4-1-5-11-26/h1-17,19-20,22-23,30-32H,24H2/t30-,31+,32-/m1/s1. The maximum atomic E-state index is 12.7. The Morgan fingerprint density at radius 2 is 1.23 bits per heavy atom. The molecule has 1 heterocycles. The average molecular weight is 515 g/mol. The largest absolute Gasteiger partial charge is 0.459 e. The molecule has 0 N–H and O–H groups in total. The molecule has 0 fully saturated rings. The maximum absolute atomic E-state index is 12.7. The van der Waals surface area contributed by atoms with Crippen LogP contribution in [0.15, 0.2) is 127 Å². The van der Waals surface area contributed by atoms with E-state index in [1.807, 2.05) is 54.6 Å². The first-order valence-corrected chi connectivity index (χ1v) is 12.6. The van der Waals surface area contributed by atoms with Gasteiger partial charge >= 0.3 is 11.9 Å². The van der Waals surface area contributed by atoms with E-state index in [2.05, 4.69) is 24.0 Å². The van der Waals surface area contributed by atoms with Gasteiger partial charge in [0.2, 0.25) is 0 Å². The second-order valence-electron chi connectivity index (χ2n) is 8.89. The van der Waals surface area contributed by atoms with E-state index in [9.17, 15) is 9.59 Å². The van der Waals surface area contributed by atoms with Gasteiger partial charge in [0.1, 0.15) is 24.9 Å². The van der Waals surface area contributed by atoms with Gasteiger partial charge in [0.25, 0.3) is 0 Å². The van der Waals surface area contributed by atoms with Gasteiger partial charge in [0.15, 0.2) is 0 Å². The van der Waals surface area contributed by atoms with Gasteiger partial charge in [0, 0.05) is 5.56 Å². The molecule has 0 unspecified atom stereocenters. The van der Waals surface area contributed by atoms with Crippen LogP contribution in [0, 0.1) is 11.8 Å². The van der Waals surface area contributed by atoms with E-state index in [0.29, 0.717) is 11.1 Å². The first kappa shape index (κ1) is 25.7. The van der Waals surface area contributed by atoms with Crippen molar-refractivity contribution >= 4 is 11.9 Å². The molecule has 0 spiro atoms. The molecule has 0 aromatic heterocycles. The summed E-state index contributed by atoms with van der Waals surface area (Å²) in [6.07, 6.45) is 1.46. The first-order valence-electron chi connectivity index (χ1n) is 12.6. The van der Waals surface area contributed by atoms with Crippen LogP contribution >= 0.6 is 0 Å². The Balaban J connectivity index is 1.29. The lowest BCUT2D eigenvalue weighted by Gasteiger charge is -2.30. The van der Waals surface area contributed by atoms with Crippen LogP contribution in [-0.4, -0.2) is 36.9 Å². The topological polar surface area (TPSA) is 61.8 Å². The highest BCUT2D eigenvalue weighted by molar-refractivity contribution is 5.90. The molecule has 5 heteroatoms. The number of hydrogen-bond donors (Lipinski definition) is 0. The van der Waals surface area contributed by atoms with E-state index in [-0.39, 0.29) is 6.61 Å². The Bertz CT molecular complexity index is 1480. The van der Waals surface area contributed by atoms with Gasteiger partial charge < -0.3 is 14.2 Å². The molecule has 4 aromatic carbocycles. The average Bonchev–Trinajstić information content (AvgIpc) is 3.01. The second kappa shape index (κ2) is 12.6. The molecule has 1 aliphatic heterocycles. The minimum Gasteiger partial charge on any atom is -0.459 e. The minimum absolute atomic E-state index is 0.102. The first-order chi connectivity index (χ1) is 19.2. The van der Waals surface area contributed by atoms with E-state index in [1.165, 1.54) is 0 Å². The predicted molar refractivity (Wildman–Crippen MR) is 149 cm³/mol. The van der Waals surface area contributed by atoms with E-state index in [1.54, 1.807) is 60.7 Å². The van der Waals surface area contributed by atoms with Crippen LogP contribution in [0.4, 0.5) is 0 Å². The predicted octanol–water partition coefficient (Wildman–Crippen LogP) is 6.11. The molecular weight excluding hydrogens is 488 g/mol. The van der Waals surface area contributed by atoms with Crippen molar-refractivity contribution in [2.24, 2.45) is 0 Å². The number of ether oxygens (including phenoxy) is 3. The Morgan fingerprint density at radius 1 is 0.667 bits per heavy atom. The van der Waals surface area contributed by atoms with Crippen molar-refractivity contribution in [1.29, 1.82) is 0 Å². The Labute approximate surface area is 227 Å². The van der Waals surface area contributed by atoms with Crippen molar-refractivity contribution in [3.8, 4) is 23.0 Å². The summed E-state index contributed by atoms with van der Waals surface area (Å²) in [4.78, 5) is 25.2. The molecule has 192 valence electrons. The van der Waals surface area contributed by atoms with Gasteiger partial charge in [-0.3, -0.25) is 0 Å². The second-order valence-corrected chi connectivity index (χ2v) is 8.89. The number of carbonyl (C=O) groups is 2. The molecule has 0 bridgehead atoms. The summed E-state index contributed by atoms with van der Waals surface area (Å²) in [6.45, 7) is -0.102. The summed E-state index contributed by atoms with van der Waals surface area (Å²) in [6, 6.07) is 35.5. The molecule has 4 aromatic rings. The van der Waals surface area contributed by atoms with Crippen LogP contribution < -0.4 is 0 Å². The minimum atomic E-state index is -0.746. The fourth-order valence-electron chi connectivity index (χ4n) is 4.09. The summed E-state index contributed by atoms with van der Waals surface area (Å²) in [5.74, 6) is 5.28. The normalized spacial score (nSPS) is 17.9. The lowest BCUT2D eigenvalue weighted by atomic mass is 10.0. The zero-order valence-electron chi connectivity index (χ0n) is 21.1. The van der Waals surface area contributed by atoms with Gasteiger partial charge in [-0.05, 0) is 59.7 Å². The van der Waals surface area contributed by atoms with Gasteiger partial charge in [-0.15, -0.1) is 0 Å². The molecular formula is C34H26O5. The Hall–Kier alpha value is -4.92. The molecule has 0 saturated heterocycles. The lowest BCUT2D eigenvalue weighted by molar-refractivity contribution is -0.0762. The molecule has 1 aliphatic rings. The van der Waals surface area contributed by atoms with Gasteiger partial charge in [-0.1, -0.05) is 90.7 Å². The van der Waals surface area contributed by atoms with Gasteiger partial charge in [-0.25, -0.2) is 9.59 Å². The van der Waals surface area contributed by atoms with Crippen LogP contribution in [0.25, 0.3) is 11.1 Å². The van der Waals surface area contributed by atoms with Gasteiger partial charge in [0.05, 0.1) is 11.1 Å². The van der Waals surface area contributed by atoms with Crippen LogP contribution in [0.5, 0.6) is 0 Å². The molecule has 0 aliphatic carbocycles.